The molecule has 8 nitrogen and oxygen atoms in total. The van der Waals surface area contributed by atoms with Crippen molar-refractivity contribution < 1.29 is 22.7 Å². The zero-order valence-corrected chi connectivity index (χ0v) is 18.8. The van der Waals surface area contributed by atoms with Crippen molar-refractivity contribution in [1.82, 2.24) is 8.87 Å². The maximum absolute atomic E-state index is 12.8. The normalized spacial score (nSPS) is 12.6. The Hall–Kier alpha value is -2.53. The molecule has 0 unspecified atom stereocenters. The minimum atomic E-state index is -3.56. The monoisotopic (exact) mass is 449 g/mol. The van der Waals surface area contributed by atoms with Crippen LogP contribution in [0, 0.1) is 0 Å². The standard InChI is InChI=1S/C20H23N3O5S2/c1-22(2)30(25,26)15-10-8-14(9-11-15)19(24)21-20-23(12-13-27-3)18-16(28-4)6-5-7-17(18)29-20/h5-11H,12-13H2,1-4H3. The van der Waals surface area contributed by atoms with Crippen LogP contribution in [0.4, 0.5) is 0 Å². The Bertz CT molecular complexity index is 1230. The van der Waals surface area contributed by atoms with Gasteiger partial charge in [-0.25, -0.2) is 12.7 Å². The molecule has 0 saturated heterocycles. The second kappa shape index (κ2) is 9.09. The number of carbonyl (C=O) groups is 1. The largest absolute Gasteiger partial charge is 0.495 e. The van der Waals surface area contributed by atoms with Crippen LogP contribution in [0.2, 0.25) is 0 Å². The molecule has 1 heterocycles. The van der Waals surface area contributed by atoms with Gasteiger partial charge in [-0.15, -0.1) is 0 Å². The van der Waals surface area contributed by atoms with E-state index in [2.05, 4.69) is 4.99 Å². The smallest absolute Gasteiger partial charge is 0.279 e. The van der Waals surface area contributed by atoms with E-state index >= 15 is 0 Å². The summed E-state index contributed by atoms with van der Waals surface area (Å²) in [5.74, 6) is 0.229. The van der Waals surface area contributed by atoms with Gasteiger partial charge in [-0.2, -0.15) is 4.99 Å². The fraction of sp³-hybridized carbons (Fsp3) is 0.300. The molecule has 1 aromatic heterocycles. The van der Waals surface area contributed by atoms with Crippen molar-refractivity contribution in [1.29, 1.82) is 0 Å². The first kappa shape index (κ1) is 22.2. The molecule has 0 aliphatic rings. The molecule has 2 aromatic carbocycles. The Kier molecular flexibility index (Phi) is 6.71. The molecule has 3 aromatic rings. The molecular formula is C20H23N3O5S2. The van der Waals surface area contributed by atoms with E-state index in [1.165, 1.54) is 49.7 Å². The van der Waals surface area contributed by atoms with Crippen LogP contribution in [0.15, 0.2) is 52.4 Å². The molecule has 0 spiro atoms. The summed E-state index contributed by atoms with van der Waals surface area (Å²) in [7, 11) is 2.56. The van der Waals surface area contributed by atoms with E-state index in [0.717, 1.165) is 14.5 Å². The van der Waals surface area contributed by atoms with Crippen LogP contribution in [0.1, 0.15) is 10.4 Å². The molecule has 0 atom stereocenters. The van der Waals surface area contributed by atoms with Crippen molar-refractivity contribution in [2.75, 3.05) is 34.9 Å². The Balaban J connectivity index is 2.05. The van der Waals surface area contributed by atoms with E-state index in [-0.39, 0.29) is 4.90 Å². The van der Waals surface area contributed by atoms with E-state index < -0.39 is 15.9 Å². The molecule has 30 heavy (non-hydrogen) atoms. The number of rotatable bonds is 7. The molecule has 1 amide bonds. The van der Waals surface area contributed by atoms with Gasteiger partial charge in [-0.3, -0.25) is 4.79 Å². The third-order valence-electron chi connectivity index (χ3n) is 4.48. The average molecular weight is 450 g/mol. The predicted octanol–water partition coefficient (Wildman–Crippen LogP) is 2.35. The van der Waals surface area contributed by atoms with Crippen LogP contribution in [0.25, 0.3) is 10.2 Å². The van der Waals surface area contributed by atoms with Crippen molar-refractivity contribution in [3.8, 4) is 5.75 Å². The van der Waals surface area contributed by atoms with Gasteiger partial charge in [0.1, 0.15) is 11.3 Å². The van der Waals surface area contributed by atoms with Gasteiger partial charge >= 0.3 is 0 Å². The maximum atomic E-state index is 12.8. The van der Waals surface area contributed by atoms with E-state index in [1.54, 1.807) is 14.2 Å². The number of methoxy groups -OCH3 is 2. The van der Waals surface area contributed by atoms with E-state index in [9.17, 15) is 13.2 Å². The first-order valence-electron chi connectivity index (χ1n) is 9.06. The summed E-state index contributed by atoms with van der Waals surface area (Å²) in [4.78, 5) is 17.7. The van der Waals surface area contributed by atoms with Crippen molar-refractivity contribution >= 4 is 37.5 Å². The highest BCUT2D eigenvalue weighted by Gasteiger charge is 2.18. The molecule has 0 fully saturated rings. The summed E-state index contributed by atoms with van der Waals surface area (Å²) in [6, 6.07) is 11.4. The number of benzene rings is 2. The van der Waals surface area contributed by atoms with Crippen LogP contribution in [0.5, 0.6) is 5.75 Å². The number of hydrogen-bond acceptors (Lipinski definition) is 6. The Morgan fingerprint density at radius 3 is 2.43 bits per heavy atom. The molecular weight excluding hydrogens is 426 g/mol. The number of hydrogen-bond donors (Lipinski definition) is 0. The highest BCUT2D eigenvalue weighted by molar-refractivity contribution is 7.89. The summed E-state index contributed by atoms with van der Waals surface area (Å²) in [6.45, 7) is 0.950. The second-order valence-corrected chi connectivity index (χ2v) is 9.73. The molecule has 3 rings (SSSR count). The number of para-hydroxylation sites is 1. The lowest BCUT2D eigenvalue weighted by atomic mass is 10.2. The minimum Gasteiger partial charge on any atom is -0.495 e. The van der Waals surface area contributed by atoms with Crippen molar-refractivity contribution in [2.45, 2.75) is 11.4 Å². The van der Waals surface area contributed by atoms with Crippen molar-refractivity contribution in [3.05, 3.63) is 52.8 Å². The summed E-state index contributed by atoms with van der Waals surface area (Å²) in [5.41, 5.74) is 1.15. The molecule has 0 saturated carbocycles. The lowest BCUT2D eigenvalue weighted by Crippen LogP contribution is -2.22. The quantitative estimate of drug-likeness (QED) is 0.552. The van der Waals surface area contributed by atoms with Crippen molar-refractivity contribution in [3.63, 3.8) is 0 Å². The highest BCUT2D eigenvalue weighted by Crippen LogP contribution is 2.27. The van der Waals surface area contributed by atoms with Crippen LogP contribution < -0.4 is 9.54 Å². The topological polar surface area (TPSA) is 90.2 Å². The summed E-state index contributed by atoms with van der Waals surface area (Å²) in [5, 5.41) is 0. The first-order valence-corrected chi connectivity index (χ1v) is 11.3. The zero-order valence-electron chi connectivity index (χ0n) is 17.2. The highest BCUT2D eigenvalue weighted by atomic mass is 32.2. The Morgan fingerprint density at radius 1 is 1.13 bits per heavy atom. The molecule has 0 bridgehead atoms. The fourth-order valence-electron chi connectivity index (χ4n) is 2.87. The molecule has 0 aliphatic heterocycles. The third-order valence-corrected chi connectivity index (χ3v) is 7.35. The number of sulfonamides is 1. The van der Waals surface area contributed by atoms with Crippen molar-refractivity contribution in [2.24, 2.45) is 4.99 Å². The molecule has 0 aliphatic carbocycles. The summed E-state index contributed by atoms with van der Waals surface area (Å²) in [6.07, 6.45) is 0. The average Bonchev–Trinajstić information content (AvgIpc) is 3.09. The number of carbonyl (C=O) groups excluding carboxylic acids is 1. The maximum Gasteiger partial charge on any atom is 0.279 e. The van der Waals surface area contributed by atoms with Crippen LogP contribution in [-0.4, -0.2) is 58.1 Å². The number of nitrogens with zero attached hydrogens (tertiary/aromatic N) is 3. The Morgan fingerprint density at radius 2 is 1.83 bits per heavy atom. The first-order chi connectivity index (χ1) is 14.3. The minimum absolute atomic E-state index is 0.116. The number of fused-ring (bicyclic) bond motifs is 1. The third kappa shape index (κ3) is 4.31. The van der Waals surface area contributed by atoms with E-state index in [1.807, 2.05) is 22.8 Å². The molecule has 0 radical (unpaired) electrons. The molecule has 10 heteroatoms. The van der Waals surface area contributed by atoms with Crippen LogP contribution in [0.3, 0.4) is 0 Å². The van der Waals surface area contributed by atoms with Gasteiger partial charge in [0.2, 0.25) is 10.0 Å². The fourth-order valence-corrected chi connectivity index (χ4v) is 4.84. The summed E-state index contributed by atoms with van der Waals surface area (Å²) >= 11 is 1.38. The van der Waals surface area contributed by atoms with Gasteiger partial charge in [0.15, 0.2) is 4.80 Å². The van der Waals surface area contributed by atoms with Gasteiger partial charge in [-0.05, 0) is 36.4 Å². The molecule has 160 valence electrons. The lowest BCUT2D eigenvalue weighted by Gasteiger charge is -2.11. The molecule has 0 N–H and O–H groups in total. The van der Waals surface area contributed by atoms with Gasteiger partial charge in [0, 0.05) is 33.3 Å². The zero-order chi connectivity index (χ0) is 21.9. The number of amides is 1. The number of thiazole rings is 1. The van der Waals surface area contributed by atoms with Gasteiger partial charge in [-0.1, -0.05) is 17.4 Å². The predicted molar refractivity (Wildman–Crippen MR) is 115 cm³/mol. The van der Waals surface area contributed by atoms with E-state index in [4.69, 9.17) is 9.47 Å². The van der Waals surface area contributed by atoms with Crippen LogP contribution in [-0.2, 0) is 21.3 Å². The Labute approximate surface area is 179 Å². The number of ether oxygens (including phenoxy) is 2. The second-order valence-electron chi connectivity index (χ2n) is 6.56. The van der Waals surface area contributed by atoms with Gasteiger partial charge in [0.05, 0.1) is 23.3 Å². The SMILES string of the molecule is COCCn1c(=NC(=O)c2ccc(S(=O)(=O)N(C)C)cc2)sc2cccc(OC)c21. The summed E-state index contributed by atoms with van der Waals surface area (Å²) < 4.78 is 39.0. The van der Waals surface area contributed by atoms with Gasteiger partial charge < -0.3 is 14.0 Å². The van der Waals surface area contributed by atoms with Gasteiger partial charge in [0.25, 0.3) is 5.91 Å². The van der Waals surface area contributed by atoms with E-state index in [0.29, 0.717) is 29.3 Å². The van der Waals surface area contributed by atoms with Crippen LogP contribution >= 0.6 is 11.3 Å². The number of aromatic nitrogens is 1. The lowest BCUT2D eigenvalue weighted by molar-refractivity contribution is 0.0997.